The van der Waals surface area contributed by atoms with Crippen molar-refractivity contribution in [2.45, 2.75) is 6.42 Å². The molecule has 3 heterocycles. The molecule has 2 aromatic heterocycles. The van der Waals surface area contributed by atoms with E-state index in [1.54, 1.807) is 19.1 Å². The number of H-pyrrole nitrogens is 1. The van der Waals surface area contributed by atoms with Crippen LogP contribution in [0, 0.1) is 0 Å². The highest BCUT2D eigenvalue weighted by Crippen LogP contribution is 2.35. The van der Waals surface area contributed by atoms with Gasteiger partial charge in [0.1, 0.15) is 11.5 Å². The van der Waals surface area contributed by atoms with E-state index >= 15 is 0 Å². The number of benzene rings is 3. The van der Waals surface area contributed by atoms with E-state index in [2.05, 4.69) is 17.1 Å². The van der Waals surface area contributed by atoms with Gasteiger partial charge in [0.15, 0.2) is 5.17 Å². The summed E-state index contributed by atoms with van der Waals surface area (Å²) in [6.45, 7) is 0.521. The van der Waals surface area contributed by atoms with Crippen LogP contribution in [0.5, 0.6) is 11.5 Å². The third kappa shape index (κ3) is 5.26. The lowest BCUT2D eigenvalue weighted by atomic mass is 10.1. The van der Waals surface area contributed by atoms with Crippen LogP contribution in [0.2, 0.25) is 0 Å². The standard InChI is InChI=1S/C32H28N4O3S/c1-38-26-11-7-24(8-12-26)34-32-36(18-16-23-20-33-29-6-4-3-5-28(23)29)31(37)30(40-32)19-22-15-17-35(21-22)25-9-13-27(39-2)14-10-25/h3-15,17,19-21,33H,16,18H2,1-2H3/b30-19+,34-32?. The van der Waals surface area contributed by atoms with Crippen LogP contribution >= 0.6 is 11.8 Å². The number of carbonyl (C=O) groups excluding carboxylic acids is 1. The monoisotopic (exact) mass is 548 g/mol. The molecule has 0 spiro atoms. The van der Waals surface area contributed by atoms with Crippen molar-refractivity contribution in [3.8, 4) is 17.2 Å². The third-order valence-corrected chi connectivity index (χ3v) is 7.86. The molecule has 0 radical (unpaired) electrons. The lowest BCUT2D eigenvalue weighted by Gasteiger charge is -2.15. The number of amidine groups is 1. The van der Waals surface area contributed by atoms with Crippen LogP contribution in [0.25, 0.3) is 22.7 Å². The second kappa shape index (κ2) is 11.2. The number of hydrogen-bond acceptors (Lipinski definition) is 5. The van der Waals surface area contributed by atoms with Gasteiger partial charge in [0.05, 0.1) is 24.8 Å². The van der Waals surface area contributed by atoms with Gasteiger partial charge in [0, 0.05) is 41.7 Å². The predicted octanol–water partition coefficient (Wildman–Crippen LogP) is 6.82. The number of nitrogens with one attached hydrogen (secondary N) is 1. The van der Waals surface area contributed by atoms with E-state index in [1.165, 1.54) is 22.7 Å². The van der Waals surface area contributed by atoms with Crippen molar-refractivity contribution in [3.05, 3.63) is 113 Å². The Morgan fingerprint density at radius 3 is 2.40 bits per heavy atom. The average Bonchev–Trinajstić information content (AvgIpc) is 3.71. The number of methoxy groups -OCH3 is 2. The Kier molecular flexibility index (Phi) is 7.16. The average molecular weight is 549 g/mol. The number of para-hydroxylation sites is 1. The van der Waals surface area contributed by atoms with Gasteiger partial charge in [-0.05, 0) is 96.0 Å². The summed E-state index contributed by atoms with van der Waals surface area (Å²) in [4.78, 5) is 24.3. The molecule has 5 aromatic rings. The highest BCUT2D eigenvalue weighted by atomic mass is 32.2. The summed E-state index contributed by atoms with van der Waals surface area (Å²) in [5, 5.41) is 1.84. The van der Waals surface area contributed by atoms with Gasteiger partial charge in [-0.25, -0.2) is 4.99 Å². The summed E-state index contributed by atoms with van der Waals surface area (Å²) < 4.78 is 12.6. The van der Waals surface area contributed by atoms with Gasteiger partial charge in [-0.1, -0.05) is 18.2 Å². The van der Waals surface area contributed by atoms with Gasteiger partial charge in [0.25, 0.3) is 5.91 Å². The van der Waals surface area contributed by atoms with Gasteiger partial charge in [-0.3, -0.25) is 9.69 Å². The first kappa shape index (κ1) is 25.6. The molecule has 200 valence electrons. The van der Waals surface area contributed by atoms with Crippen LogP contribution in [0.15, 0.2) is 107 Å². The van der Waals surface area contributed by atoms with Crippen LogP contribution in [-0.4, -0.2) is 46.3 Å². The number of amides is 1. The van der Waals surface area contributed by atoms with Crippen LogP contribution in [0.1, 0.15) is 11.1 Å². The maximum atomic E-state index is 13.7. The van der Waals surface area contributed by atoms with E-state index in [4.69, 9.17) is 14.5 Å². The highest BCUT2D eigenvalue weighted by molar-refractivity contribution is 8.18. The Balaban J connectivity index is 1.28. The Labute approximate surface area is 236 Å². The maximum Gasteiger partial charge on any atom is 0.266 e. The molecular formula is C32H28N4O3S. The van der Waals surface area contributed by atoms with E-state index in [0.29, 0.717) is 23.0 Å². The molecule has 0 aliphatic carbocycles. The Hall–Kier alpha value is -4.69. The molecule has 0 saturated carbocycles. The molecular weight excluding hydrogens is 520 g/mol. The van der Waals surface area contributed by atoms with Gasteiger partial charge in [-0.15, -0.1) is 0 Å². The molecule has 1 saturated heterocycles. The van der Waals surface area contributed by atoms with Gasteiger partial charge in [0.2, 0.25) is 0 Å². The van der Waals surface area contributed by atoms with Crippen molar-refractivity contribution in [2.75, 3.05) is 20.8 Å². The van der Waals surface area contributed by atoms with Crippen molar-refractivity contribution in [3.63, 3.8) is 0 Å². The summed E-state index contributed by atoms with van der Waals surface area (Å²) in [7, 11) is 3.29. The second-order valence-electron chi connectivity index (χ2n) is 9.32. The first-order valence-corrected chi connectivity index (χ1v) is 13.7. The molecule has 0 atom stereocenters. The Morgan fingerprint density at radius 1 is 0.925 bits per heavy atom. The van der Waals surface area contributed by atoms with Crippen molar-refractivity contribution in [1.29, 1.82) is 0 Å². The molecule has 8 heteroatoms. The number of rotatable bonds is 8. The lowest BCUT2D eigenvalue weighted by molar-refractivity contribution is -0.122. The Morgan fingerprint density at radius 2 is 1.65 bits per heavy atom. The number of fused-ring (bicyclic) bond motifs is 1. The number of nitrogens with zero attached hydrogens (tertiary/aromatic N) is 3. The van der Waals surface area contributed by atoms with Gasteiger partial charge < -0.3 is 19.0 Å². The fourth-order valence-electron chi connectivity index (χ4n) is 4.69. The number of aliphatic imine (C=N–C) groups is 1. The minimum atomic E-state index is -0.0469. The zero-order valence-electron chi connectivity index (χ0n) is 22.2. The zero-order chi connectivity index (χ0) is 27.5. The molecule has 6 rings (SSSR count). The van der Waals surface area contributed by atoms with E-state index in [0.717, 1.165) is 34.0 Å². The fraction of sp³-hybridized carbons (Fsp3) is 0.125. The number of thioether (sulfide) groups is 1. The number of aromatic nitrogens is 2. The highest BCUT2D eigenvalue weighted by Gasteiger charge is 2.33. The zero-order valence-corrected chi connectivity index (χ0v) is 23.0. The van der Waals surface area contributed by atoms with Crippen LogP contribution in [0.4, 0.5) is 5.69 Å². The van der Waals surface area contributed by atoms with Gasteiger partial charge >= 0.3 is 0 Å². The first-order valence-electron chi connectivity index (χ1n) is 12.9. The molecule has 1 aliphatic heterocycles. The fourth-order valence-corrected chi connectivity index (χ4v) is 5.72. The normalized spacial score (nSPS) is 15.4. The summed E-state index contributed by atoms with van der Waals surface area (Å²) in [5.74, 6) is 1.52. The summed E-state index contributed by atoms with van der Waals surface area (Å²) in [6.07, 6.45) is 8.66. The quantitative estimate of drug-likeness (QED) is 0.216. The number of carbonyl (C=O) groups is 1. The maximum absolute atomic E-state index is 13.7. The van der Waals surface area contributed by atoms with E-state index < -0.39 is 0 Å². The van der Waals surface area contributed by atoms with Crippen molar-refractivity contribution >= 4 is 45.5 Å². The summed E-state index contributed by atoms with van der Waals surface area (Å²) >= 11 is 1.40. The predicted molar refractivity (Wildman–Crippen MR) is 162 cm³/mol. The first-order chi connectivity index (χ1) is 19.6. The SMILES string of the molecule is COc1ccc(N=C2S/C(=C/c3ccn(-c4ccc(OC)cc4)c3)C(=O)N2CCc2c[nH]c3ccccc23)cc1. The smallest absolute Gasteiger partial charge is 0.266 e. The van der Waals surface area contributed by atoms with Crippen molar-refractivity contribution < 1.29 is 14.3 Å². The summed E-state index contributed by atoms with van der Waals surface area (Å²) in [5.41, 5.74) is 4.98. The lowest BCUT2D eigenvalue weighted by Crippen LogP contribution is -2.31. The summed E-state index contributed by atoms with van der Waals surface area (Å²) in [6, 6.07) is 25.6. The van der Waals surface area contributed by atoms with E-state index in [9.17, 15) is 4.79 Å². The number of ether oxygens (including phenoxy) is 2. The van der Waals surface area contributed by atoms with Crippen LogP contribution < -0.4 is 9.47 Å². The van der Waals surface area contributed by atoms with Crippen molar-refractivity contribution in [1.82, 2.24) is 14.5 Å². The largest absolute Gasteiger partial charge is 0.497 e. The molecule has 1 aliphatic rings. The third-order valence-electron chi connectivity index (χ3n) is 6.85. The van der Waals surface area contributed by atoms with Crippen molar-refractivity contribution in [2.24, 2.45) is 4.99 Å². The minimum Gasteiger partial charge on any atom is -0.497 e. The number of aromatic amines is 1. The molecule has 40 heavy (non-hydrogen) atoms. The molecule has 1 fully saturated rings. The molecule has 0 unspecified atom stereocenters. The van der Waals surface area contributed by atoms with E-state index in [-0.39, 0.29) is 5.91 Å². The molecule has 1 amide bonds. The van der Waals surface area contributed by atoms with Crippen LogP contribution in [0.3, 0.4) is 0 Å². The molecule has 7 nitrogen and oxygen atoms in total. The second-order valence-corrected chi connectivity index (χ2v) is 10.3. The van der Waals surface area contributed by atoms with E-state index in [1.807, 2.05) is 96.0 Å². The topological polar surface area (TPSA) is 71.8 Å². The Bertz CT molecular complexity index is 1720. The molecule has 0 bridgehead atoms. The molecule has 3 aromatic carbocycles. The van der Waals surface area contributed by atoms with Crippen LogP contribution in [-0.2, 0) is 11.2 Å². The van der Waals surface area contributed by atoms with Gasteiger partial charge in [-0.2, -0.15) is 0 Å². The minimum absolute atomic E-state index is 0.0469. The number of hydrogen-bond donors (Lipinski definition) is 1. The molecule has 1 N–H and O–H groups in total.